The van der Waals surface area contributed by atoms with E-state index in [-0.39, 0.29) is 5.82 Å². The van der Waals surface area contributed by atoms with Gasteiger partial charge in [-0.15, -0.1) is 0 Å². The van der Waals surface area contributed by atoms with Crippen molar-refractivity contribution in [1.29, 1.82) is 0 Å². The van der Waals surface area contributed by atoms with Gasteiger partial charge in [-0.05, 0) is 65.9 Å². The van der Waals surface area contributed by atoms with Crippen molar-refractivity contribution in [2.24, 2.45) is 0 Å². The van der Waals surface area contributed by atoms with E-state index in [1.165, 1.54) is 30.9 Å². The molecule has 0 saturated carbocycles. The summed E-state index contributed by atoms with van der Waals surface area (Å²) in [6, 6.07) is 3.89. The van der Waals surface area contributed by atoms with Crippen LogP contribution in [0.25, 0.3) is 0 Å². The van der Waals surface area contributed by atoms with Crippen molar-refractivity contribution in [2.75, 3.05) is 6.54 Å². The van der Waals surface area contributed by atoms with Crippen molar-refractivity contribution in [3.05, 3.63) is 33.5 Å². The average Bonchev–Trinajstić information content (AvgIpc) is 2.31. The smallest absolute Gasteiger partial charge is 0.137 e. The monoisotopic (exact) mass is 285 g/mol. The van der Waals surface area contributed by atoms with Crippen molar-refractivity contribution >= 4 is 15.9 Å². The molecular formula is C13H17BrFN. The molecule has 1 heterocycles. The van der Waals surface area contributed by atoms with E-state index >= 15 is 0 Å². The van der Waals surface area contributed by atoms with Gasteiger partial charge >= 0.3 is 0 Å². The second-order valence-electron chi connectivity index (χ2n) is 4.51. The van der Waals surface area contributed by atoms with Crippen LogP contribution in [0.3, 0.4) is 0 Å². The van der Waals surface area contributed by atoms with Crippen molar-refractivity contribution < 1.29 is 4.39 Å². The van der Waals surface area contributed by atoms with Crippen molar-refractivity contribution in [3.8, 4) is 0 Å². The minimum absolute atomic E-state index is 0.156. The van der Waals surface area contributed by atoms with Gasteiger partial charge in [0, 0.05) is 6.04 Å². The molecule has 1 aromatic carbocycles. The van der Waals surface area contributed by atoms with Gasteiger partial charge in [0.2, 0.25) is 0 Å². The summed E-state index contributed by atoms with van der Waals surface area (Å²) in [4.78, 5) is 0. The quantitative estimate of drug-likeness (QED) is 0.876. The highest BCUT2D eigenvalue weighted by Crippen LogP contribution is 2.26. The summed E-state index contributed by atoms with van der Waals surface area (Å²) in [5, 5.41) is 3.50. The molecule has 1 aromatic rings. The largest absolute Gasteiger partial charge is 0.314 e. The van der Waals surface area contributed by atoms with Crippen LogP contribution in [0, 0.1) is 12.7 Å². The van der Waals surface area contributed by atoms with Crippen LogP contribution < -0.4 is 5.32 Å². The molecule has 16 heavy (non-hydrogen) atoms. The standard InChI is InChI=1S/C13H17BrFN/c1-9-5-6-12(15)13(14)11(9)8-10-4-2-3-7-16-10/h5-6,10,16H,2-4,7-8H2,1H3. The highest BCUT2D eigenvalue weighted by atomic mass is 79.9. The number of aryl methyl sites for hydroxylation is 1. The third kappa shape index (κ3) is 2.64. The summed E-state index contributed by atoms with van der Waals surface area (Å²) >= 11 is 3.36. The van der Waals surface area contributed by atoms with Crippen LogP contribution >= 0.6 is 15.9 Å². The maximum Gasteiger partial charge on any atom is 0.137 e. The van der Waals surface area contributed by atoms with Crippen molar-refractivity contribution in [1.82, 2.24) is 5.32 Å². The minimum atomic E-state index is -0.156. The predicted octanol–water partition coefficient (Wildman–Crippen LogP) is 3.58. The number of halogens is 2. The van der Waals surface area contributed by atoms with E-state index in [1.807, 2.05) is 13.0 Å². The Bertz CT molecular complexity index is 372. The first kappa shape index (κ1) is 12.1. The number of piperidine rings is 1. The molecule has 3 heteroatoms. The van der Waals surface area contributed by atoms with Gasteiger partial charge in [-0.2, -0.15) is 0 Å². The van der Waals surface area contributed by atoms with E-state index in [2.05, 4.69) is 21.2 Å². The van der Waals surface area contributed by atoms with E-state index in [4.69, 9.17) is 0 Å². The van der Waals surface area contributed by atoms with Crippen molar-refractivity contribution in [3.63, 3.8) is 0 Å². The molecule has 88 valence electrons. The number of rotatable bonds is 2. The molecule has 0 aromatic heterocycles. The zero-order chi connectivity index (χ0) is 11.5. The molecule has 2 rings (SSSR count). The lowest BCUT2D eigenvalue weighted by Gasteiger charge is -2.24. The van der Waals surface area contributed by atoms with Gasteiger partial charge < -0.3 is 5.32 Å². The first-order valence-electron chi connectivity index (χ1n) is 5.85. The maximum absolute atomic E-state index is 13.4. The Morgan fingerprint density at radius 2 is 2.25 bits per heavy atom. The number of hydrogen-bond acceptors (Lipinski definition) is 1. The summed E-state index contributed by atoms with van der Waals surface area (Å²) in [6.07, 6.45) is 4.66. The molecule has 0 bridgehead atoms. The van der Waals surface area contributed by atoms with Crippen LogP contribution in [0.2, 0.25) is 0 Å². The molecule has 1 N–H and O–H groups in total. The third-order valence-corrected chi connectivity index (χ3v) is 4.15. The highest BCUT2D eigenvalue weighted by Gasteiger charge is 2.17. The maximum atomic E-state index is 13.4. The molecule has 1 unspecified atom stereocenters. The van der Waals surface area contributed by atoms with Gasteiger partial charge in [0.05, 0.1) is 4.47 Å². The van der Waals surface area contributed by atoms with Crippen molar-refractivity contribution in [2.45, 2.75) is 38.6 Å². The number of hydrogen-bond donors (Lipinski definition) is 1. The van der Waals surface area contributed by atoms with E-state index in [9.17, 15) is 4.39 Å². The fraction of sp³-hybridized carbons (Fsp3) is 0.538. The molecule has 0 amide bonds. The molecule has 1 atom stereocenters. The molecule has 1 aliphatic heterocycles. The molecule has 1 nitrogen and oxygen atoms in total. The molecular weight excluding hydrogens is 269 g/mol. The molecule has 0 radical (unpaired) electrons. The van der Waals surface area contributed by atoms with Crippen LogP contribution in [-0.4, -0.2) is 12.6 Å². The molecule has 0 aliphatic carbocycles. The Labute approximate surface area is 105 Å². The van der Waals surface area contributed by atoms with E-state index in [1.54, 1.807) is 0 Å². The van der Waals surface area contributed by atoms with E-state index in [0.717, 1.165) is 18.5 Å². The van der Waals surface area contributed by atoms with Crippen LogP contribution in [0.15, 0.2) is 16.6 Å². The summed E-state index contributed by atoms with van der Waals surface area (Å²) in [6.45, 7) is 3.14. The van der Waals surface area contributed by atoms with E-state index < -0.39 is 0 Å². The Balaban J connectivity index is 2.16. The summed E-state index contributed by atoms with van der Waals surface area (Å²) < 4.78 is 14.1. The third-order valence-electron chi connectivity index (χ3n) is 3.29. The van der Waals surface area contributed by atoms with Gasteiger partial charge in [-0.1, -0.05) is 12.5 Å². The fourth-order valence-electron chi connectivity index (χ4n) is 2.28. The average molecular weight is 286 g/mol. The predicted molar refractivity (Wildman–Crippen MR) is 68.2 cm³/mol. The van der Waals surface area contributed by atoms with Gasteiger partial charge in [0.15, 0.2) is 0 Å². The Kier molecular flexibility index (Phi) is 3.98. The summed E-state index contributed by atoms with van der Waals surface area (Å²) in [7, 11) is 0. The summed E-state index contributed by atoms with van der Waals surface area (Å²) in [5.74, 6) is -0.156. The van der Waals surface area contributed by atoms with Gasteiger partial charge in [0.25, 0.3) is 0 Å². The van der Waals surface area contributed by atoms with Gasteiger partial charge in [0.1, 0.15) is 5.82 Å². The topological polar surface area (TPSA) is 12.0 Å². The Morgan fingerprint density at radius 1 is 1.44 bits per heavy atom. The molecule has 1 aliphatic rings. The molecule has 1 fully saturated rings. The second kappa shape index (κ2) is 5.28. The van der Waals surface area contributed by atoms with Gasteiger partial charge in [-0.3, -0.25) is 0 Å². The molecule has 1 saturated heterocycles. The van der Waals surface area contributed by atoms with Crippen LogP contribution in [0.1, 0.15) is 30.4 Å². The lowest BCUT2D eigenvalue weighted by atomic mass is 9.95. The zero-order valence-electron chi connectivity index (χ0n) is 9.52. The first-order valence-corrected chi connectivity index (χ1v) is 6.64. The SMILES string of the molecule is Cc1ccc(F)c(Br)c1CC1CCCCN1. The van der Waals surface area contributed by atoms with E-state index in [0.29, 0.717) is 10.5 Å². The Hall–Kier alpha value is -0.410. The number of nitrogens with one attached hydrogen (secondary N) is 1. The Morgan fingerprint density at radius 3 is 2.94 bits per heavy atom. The normalized spacial score (nSPS) is 21.1. The number of benzene rings is 1. The second-order valence-corrected chi connectivity index (χ2v) is 5.30. The van der Waals surface area contributed by atoms with Crippen LogP contribution in [0.5, 0.6) is 0 Å². The highest BCUT2D eigenvalue weighted by molar-refractivity contribution is 9.10. The molecule has 0 spiro atoms. The summed E-state index contributed by atoms with van der Waals surface area (Å²) in [5.41, 5.74) is 2.28. The van der Waals surface area contributed by atoms with Gasteiger partial charge in [-0.25, -0.2) is 4.39 Å². The first-order chi connectivity index (χ1) is 7.68. The lowest BCUT2D eigenvalue weighted by Crippen LogP contribution is -2.35. The zero-order valence-corrected chi connectivity index (χ0v) is 11.1. The van der Waals surface area contributed by atoms with Crippen LogP contribution in [0.4, 0.5) is 4.39 Å². The van der Waals surface area contributed by atoms with Crippen LogP contribution in [-0.2, 0) is 6.42 Å². The minimum Gasteiger partial charge on any atom is -0.314 e. The fourth-order valence-corrected chi connectivity index (χ4v) is 2.89. The lowest BCUT2D eigenvalue weighted by molar-refractivity contribution is 0.398.